The van der Waals surface area contributed by atoms with E-state index in [1.54, 1.807) is 14.2 Å². The Kier molecular flexibility index (Phi) is 5.38. The van der Waals surface area contributed by atoms with Crippen LogP contribution in [0, 0.1) is 0 Å². The lowest BCUT2D eigenvalue weighted by Gasteiger charge is -2.31. The summed E-state index contributed by atoms with van der Waals surface area (Å²) in [6.07, 6.45) is 3.67. The third-order valence-corrected chi connectivity index (χ3v) is 7.68. The van der Waals surface area contributed by atoms with Gasteiger partial charge in [-0.05, 0) is 53.8 Å². The Hall–Kier alpha value is -3.90. The molecule has 174 valence electrons. The van der Waals surface area contributed by atoms with Gasteiger partial charge in [0, 0.05) is 11.1 Å². The van der Waals surface area contributed by atoms with Crippen LogP contribution in [-0.4, -0.2) is 18.8 Å². The Bertz CT molecular complexity index is 1650. The van der Waals surface area contributed by atoms with E-state index in [0.29, 0.717) is 9.33 Å². The number of fused-ring (bicyclic) bond motifs is 3. The lowest BCUT2D eigenvalue weighted by molar-refractivity contribution is 0.392. The van der Waals surface area contributed by atoms with E-state index in [1.165, 1.54) is 16.9 Å². The number of rotatable bonds is 4. The Morgan fingerprint density at radius 2 is 1.77 bits per heavy atom. The highest BCUT2D eigenvalue weighted by atomic mass is 32.1. The summed E-state index contributed by atoms with van der Waals surface area (Å²) in [4.78, 5) is 19.6. The Balaban J connectivity index is 1.67. The lowest BCUT2D eigenvalue weighted by atomic mass is 9.83. The predicted octanol–water partition coefficient (Wildman–Crippen LogP) is 4.34. The molecule has 0 saturated carbocycles. The van der Waals surface area contributed by atoms with Gasteiger partial charge in [-0.25, -0.2) is 4.99 Å². The first-order valence-corrected chi connectivity index (χ1v) is 12.4. The summed E-state index contributed by atoms with van der Waals surface area (Å²) in [6, 6.07) is 23.8. The monoisotopic (exact) mass is 480 g/mol. The summed E-state index contributed by atoms with van der Waals surface area (Å²) >= 11 is 1.43. The van der Waals surface area contributed by atoms with Crippen molar-refractivity contribution in [2.45, 2.75) is 18.9 Å². The molecule has 6 rings (SSSR count). The summed E-state index contributed by atoms with van der Waals surface area (Å²) in [5.74, 6) is 1.45. The quantitative estimate of drug-likeness (QED) is 0.437. The molecule has 0 saturated heterocycles. The van der Waals surface area contributed by atoms with Crippen molar-refractivity contribution in [2.75, 3.05) is 14.2 Å². The summed E-state index contributed by atoms with van der Waals surface area (Å²) in [5.41, 5.74) is 6.38. The smallest absolute Gasteiger partial charge is 0.271 e. The predicted molar refractivity (Wildman–Crippen MR) is 139 cm³/mol. The van der Waals surface area contributed by atoms with E-state index in [1.807, 2.05) is 59.2 Å². The normalized spacial score (nSPS) is 16.7. The number of ether oxygens (including phenoxy) is 2. The van der Waals surface area contributed by atoms with E-state index in [-0.39, 0.29) is 11.6 Å². The highest BCUT2D eigenvalue weighted by Gasteiger charge is 2.34. The number of allylic oxidation sites excluding steroid dienone is 1. The molecule has 1 atom stereocenters. The van der Waals surface area contributed by atoms with Gasteiger partial charge in [0.15, 0.2) is 4.80 Å². The topological polar surface area (TPSA) is 52.8 Å². The number of nitrogens with zero attached hydrogens (tertiary/aromatic N) is 2. The summed E-state index contributed by atoms with van der Waals surface area (Å²) in [7, 11) is 3.31. The molecule has 0 unspecified atom stereocenters. The van der Waals surface area contributed by atoms with E-state index < -0.39 is 0 Å². The van der Waals surface area contributed by atoms with Crippen molar-refractivity contribution in [3.8, 4) is 11.5 Å². The van der Waals surface area contributed by atoms with Crippen LogP contribution in [0.1, 0.15) is 34.7 Å². The zero-order valence-corrected chi connectivity index (χ0v) is 20.3. The molecule has 1 aromatic heterocycles. The van der Waals surface area contributed by atoms with Crippen LogP contribution in [0.25, 0.3) is 11.8 Å². The van der Waals surface area contributed by atoms with Crippen LogP contribution in [0.15, 0.2) is 88.2 Å². The Labute approximate surface area is 206 Å². The molecule has 0 bridgehead atoms. The molecule has 1 aliphatic heterocycles. The maximum absolute atomic E-state index is 13.9. The first-order chi connectivity index (χ1) is 17.2. The third-order valence-electron chi connectivity index (χ3n) is 6.70. The first kappa shape index (κ1) is 21.6. The minimum Gasteiger partial charge on any atom is -0.497 e. The van der Waals surface area contributed by atoms with E-state index >= 15 is 0 Å². The lowest BCUT2D eigenvalue weighted by Crippen LogP contribution is -2.39. The SMILES string of the molecule is COc1ccc(OC)c([C@H]2C3=C(N=c4sc(=Cc5ccccc5)c(=O)n42)c2ccccc2CC3)c1. The second kappa shape index (κ2) is 8.71. The average molecular weight is 481 g/mol. The van der Waals surface area contributed by atoms with Crippen LogP contribution in [0.4, 0.5) is 0 Å². The van der Waals surface area contributed by atoms with E-state index in [2.05, 4.69) is 24.3 Å². The second-order valence-electron chi connectivity index (χ2n) is 8.63. The fourth-order valence-electron chi connectivity index (χ4n) is 5.05. The molecule has 4 aromatic rings. The second-order valence-corrected chi connectivity index (χ2v) is 9.64. The zero-order valence-electron chi connectivity index (χ0n) is 19.5. The number of hydrogen-bond acceptors (Lipinski definition) is 5. The molecule has 0 fully saturated rings. The number of hydrogen-bond donors (Lipinski definition) is 0. The number of aryl methyl sites for hydroxylation is 1. The van der Waals surface area contributed by atoms with Crippen molar-refractivity contribution in [3.05, 3.63) is 120 Å². The van der Waals surface area contributed by atoms with Crippen LogP contribution in [0.2, 0.25) is 0 Å². The molecule has 2 aliphatic rings. The van der Waals surface area contributed by atoms with E-state index in [4.69, 9.17) is 14.5 Å². The van der Waals surface area contributed by atoms with Gasteiger partial charge < -0.3 is 9.47 Å². The van der Waals surface area contributed by atoms with Gasteiger partial charge in [-0.2, -0.15) is 0 Å². The molecule has 2 heterocycles. The molecule has 6 heteroatoms. The van der Waals surface area contributed by atoms with Crippen molar-refractivity contribution in [2.24, 2.45) is 4.99 Å². The molecule has 0 amide bonds. The summed E-state index contributed by atoms with van der Waals surface area (Å²) < 4.78 is 13.8. The largest absolute Gasteiger partial charge is 0.497 e. The number of aromatic nitrogens is 1. The molecule has 35 heavy (non-hydrogen) atoms. The molecule has 0 radical (unpaired) electrons. The van der Waals surface area contributed by atoms with Gasteiger partial charge in [0.05, 0.1) is 30.5 Å². The highest BCUT2D eigenvalue weighted by Crippen LogP contribution is 2.44. The maximum atomic E-state index is 13.9. The van der Waals surface area contributed by atoms with Gasteiger partial charge in [0.1, 0.15) is 11.5 Å². The van der Waals surface area contributed by atoms with Crippen LogP contribution in [0.5, 0.6) is 11.5 Å². The first-order valence-electron chi connectivity index (χ1n) is 11.6. The van der Waals surface area contributed by atoms with Crippen molar-refractivity contribution < 1.29 is 9.47 Å². The molecular weight excluding hydrogens is 456 g/mol. The van der Waals surface area contributed by atoms with Crippen molar-refractivity contribution >= 4 is 23.1 Å². The van der Waals surface area contributed by atoms with Gasteiger partial charge in [-0.1, -0.05) is 65.9 Å². The summed E-state index contributed by atoms with van der Waals surface area (Å²) in [6.45, 7) is 0. The molecular formula is C29H24N2O3S. The van der Waals surface area contributed by atoms with Gasteiger partial charge in [0.2, 0.25) is 0 Å². The molecule has 0 N–H and O–H groups in total. The average Bonchev–Trinajstić information content (AvgIpc) is 3.21. The minimum absolute atomic E-state index is 0.0436. The van der Waals surface area contributed by atoms with E-state index in [0.717, 1.165) is 52.3 Å². The third kappa shape index (κ3) is 3.61. The molecule has 0 spiro atoms. The number of methoxy groups -OCH3 is 2. The van der Waals surface area contributed by atoms with Crippen LogP contribution in [0.3, 0.4) is 0 Å². The van der Waals surface area contributed by atoms with E-state index in [9.17, 15) is 4.79 Å². The van der Waals surface area contributed by atoms with Crippen molar-refractivity contribution in [1.82, 2.24) is 4.57 Å². The van der Waals surface area contributed by atoms with Gasteiger partial charge in [-0.15, -0.1) is 0 Å². The zero-order chi connectivity index (χ0) is 23.9. The Morgan fingerprint density at radius 1 is 0.971 bits per heavy atom. The Morgan fingerprint density at radius 3 is 2.57 bits per heavy atom. The van der Waals surface area contributed by atoms with Gasteiger partial charge in [-0.3, -0.25) is 9.36 Å². The maximum Gasteiger partial charge on any atom is 0.271 e. The number of thiazole rings is 1. The van der Waals surface area contributed by atoms with Crippen LogP contribution in [-0.2, 0) is 6.42 Å². The number of benzene rings is 3. The molecule has 5 nitrogen and oxygen atoms in total. The fourth-order valence-corrected chi connectivity index (χ4v) is 6.05. The van der Waals surface area contributed by atoms with Gasteiger partial charge in [0.25, 0.3) is 5.56 Å². The summed E-state index contributed by atoms with van der Waals surface area (Å²) in [5, 5.41) is 0. The molecule has 1 aliphatic carbocycles. The fraction of sp³-hybridized carbons (Fsp3) is 0.172. The van der Waals surface area contributed by atoms with Crippen molar-refractivity contribution in [1.29, 1.82) is 0 Å². The van der Waals surface area contributed by atoms with Crippen LogP contribution < -0.4 is 24.4 Å². The van der Waals surface area contributed by atoms with Gasteiger partial charge >= 0.3 is 0 Å². The van der Waals surface area contributed by atoms with Crippen molar-refractivity contribution in [3.63, 3.8) is 0 Å². The molecule has 3 aromatic carbocycles. The standard InChI is InChI=1S/C29H24N2O3S/c1-33-20-13-15-24(34-2)23(17-20)27-22-14-12-19-10-6-7-11-21(19)26(22)30-29-31(27)28(32)25(35-29)16-18-8-4-3-5-9-18/h3-11,13,15-17,27H,12,14H2,1-2H3/t27-/m1/s1. The highest BCUT2D eigenvalue weighted by molar-refractivity contribution is 7.07. The van der Waals surface area contributed by atoms with Crippen LogP contribution >= 0.6 is 11.3 Å². The minimum atomic E-state index is -0.322.